The van der Waals surface area contributed by atoms with Gasteiger partial charge < -0.3 is 9.47 Å². The summed E-state index contributed by atoms with van der Waals surface area (Å²) in [5.41, 5.74) is 3.94. The van der Waals surface area contributed by atoms with E-state index in [0.29, 0.717) is 0 Å². The molecule has 6 nitrogen and oxygen atoms in total. The summed E-state index contributed by atoms with van der Waals surface area (Å²) in [6, 6.07) is 7.54. The first kappa shape index (κ1) is 17.7. The zero-order valence-electron chi connectivity index (χ0n) is 15.8. The highest BCUT2D eigenvalue weighted by atomic mass is 16.5. The van der Waals surface area contributed by atoms with Crippen LogP contribution in [0.4, 0.5) is 0 Å². The number of hydrogen-bond acceptors (Lipinski definition) is 4. The van der Waals surface area contributed by atoms with Gasteiger partial charge in [0.05, 0.1) is 25.6 Å². The first-order valence-corrected chi connectivity index (χ1v) is 9.32. The number of ether oxygens (including phenoxy) is 2. The van der Waals surface area contributed by atoms with Gasteiger partial charge in [0.1, 0.15) is 11.5 Å². The van der Waals surface area contributed by atoms with E-state index in [4.69, 9.17) is 9.47 Å². The summed E-state index contributed by atoms with van der Waals surface area (Å²) >= 11 is 0. The minimum Gasteiger partial charge on any atom is -0.497 e. The first-order chi connectivity index (χ1) is 13.2. The normalized spacial score (nSPS) is 17.1. The van der Waals surface area contributed by atoms with E-state index in [0.717, 1.165) is 67.4 Å². The maximum Gasteiger partial charge on any atom is 0.274 e. The zero-order valence-corrected chi connectivity index (χ0v) is 15.8. The number of nitrogens with zero attached hydrogens (tertiary/aromatic N) is 2. The smallest absolute Gasteiger partial charge is 0.274 e. The predicted octanol–water partition coefficient (Wildman–Crippen LogP) is 2.78. The molecule has 2 aliphatic rings. The minimum atomic E-state index is 0.0345. The van der Waals surface area contributed by atoms with Crippen molar-refractivity contribution >= 4 is 0 Å². The van der Waals surface area contributed by atoms with Crippen molar-refractivity contribution in [1.82, 2.24) is 14.7 Å². The van der Waals surface area contributed by atoms with E-state index in [1.165, 1.54) is 5.57 Å². The third kappa shape index (κ3) is 3.45. The van der Waals surface area contributed by atoms with Crippen molar-refractivity contribution in [2.24, 2.45) is 0 Å². The zero-order chi connectivity index (χ0) is 18.8. The third-order valence-electron chi connectivity index (χ3n) is 5.26. The monoisotopic (exact) mass is 367 g/mol. The number of benzene rings is 1. The van der Waals surface area contributed by atoms with Crippen molar-refractivity contribution in [3.63, 3.8) is 0 Å². The van der Waals surface area contributed by atoms with Gasteiger partial charge in [0.15, 0.2) is 0 Å². The maximum atomic E-state index is 12.8. The molecule has 0 radical (unpaired) electrons. The van der Waals surface area contributed by atoms with Crippen LogP contribution in [0.1, 0.15) is 24.1 Å². The van der Waals surface area contributed by atoms with Gasteiger partial charge in [-0.15, -0.1) is 0 Å². The maximum absolute atomic E-state index is 12.8. The van der Waals surface area contributed by atoms with Gasteiger partial charge in [-0.3, -0.25) is 14.8 Å². The molecule has 2 heterocycles. The molecular formula is C21H25N3O3. The Morgan fingerprint density at radius 3 is 2.81 bits per heavy atom. The van der Waals surface area contributed by atoms with Crippen LogP contribution in [-0.4, -0.2) is 42.0 Å². The molecule has 1 aliphatic carbocycles. The lowest BCUT2D eigenvalue weighted by Gasteiger charge is -2.28. The summed E-state index contributed by atoms with van der Waals surface area (Å²) in [7, 11) is 3.35. The number of allylic oxidation sites excluding steroid dienone is 2. The quantitative estimate of drug-likeness (QED) is 0.883. The Morgan fingerprint density at radius 2 is 2.00 bits per heavy atom. The number of aromatic amines is 1. The van der Waals surface area contributed by atoms with Gasteiger partial charge >= 0.3 is 0 Å². The summed E-state index contributed by atoms with van der Waals surface area (Å²) in [4.78, 5) is 15.2. The molecule has 0 unspecified atom stereocenters. The van der Waals surface area contributed by atoms with Crippen LogP contribution in [0.2, 0.25) is 0 Å². The highest BCUT2D eigenvalue weighted by molar-refractivity contribution is 5.40. The number of rotatable bonds is 5. The van der Waals surface area contributed by atoms with Crippen LogP contribution in [-0.2, 0) is 17.7 Å². The standard InChI is InChI=1S/C21H25N3O3/c1-26-17-8-5-7-16(12-17)24-21(25)18-10-11-23(14-19(18)22-24)13-15-6-3-4-9-20(15)27-2/h5-9,12,22H,3-4,10-11,13-14H2,1-2H3. The molecule has 1 aromatic heterocycles. The van der Waals surface area contributed by atoms with E-state index >= 15 is 0 Å². The Kier molecular flexibility index (Phi) is 4.90. The van der Waals surface area contributed by atoms with Gasteiger partial charge in [0.2, 0.25) is 0 Å². The number of aromatic nitrogens is 2. The van der Waals surface area contributed by atoms with Crippen LogP contribution in [0.3, 0.4) is 0 Å². The third-order valence-corrected chi connectivity index (χ3v) is 5.26. The summed E-state index contributed by atoms with van der Waals surface area (Å²) in [5, 5.41) is 3.30. The Hall–Kier alpha value is -2.73. The van der Waals surface area contributed by atoms with E-state index < -0.39 is 0 Å². The van der Waals surface area contributed by atoms with Crippen molar-refractivity contribution in [2.45, 2.75) is 25.8 Å². The van der Waals surface area contributed by atoms with Crippen LogP contribution in [0.5, 0.6) is 5.75 Å². The largest absolute Gasteiger partial charge is 0.497 e. The van der Waals surface area contributed by atoms with Crippen molar-refractivity contribution in [3.05, 3.63) is 69.4 Å². The molecule has 1 aromatic carbocycles. The molecule has 0 saturated carbocycles. The molecule has 0 bridgehead atoms. The number of nitrogens with one attached hydrogen (secondary N) is 1. The highest BCUT2D eigenvalue weighted by Crippen LogP contribution is 2.23. The molecule has 1 N–H and O–H groups in total. The number of fused-ring (bicyclic) bond motifs is 1. The molecular weight excluding hydrogens is 342 g/mol. The van der Waals surface area contributed by atoms with Gasteiger partial charge in [0.25, 0.3) is 5.56 Å². The Balaban J connectivity index is 1.56. The topological polar surface area (TPSA) is 59.5 Å². The van der Waals surface area contributed by atoms with Gasteiger partial charge in [-0.2, -0.15) is 0 Å². The van der Waals surface area contributed by atoms with E-state index in [9.17, 15) is 4.79 Å². The van der Waals surface area contributed by atoms with Crippen molar-refractivity contribution in [2.75, 3.05) is 27.3 Å². The van der Waals surface area contributed by atoms with Crippen LogP contribution in [0.25, 0.3) is 5.69 Å². The van der Waals surface area contributed by atoms with Crippen molar-refractivity contribution < 1.29 is 9.47 Å². The van der Waals surface area contributed by atoms with E-state index in [2.05, 4.69) is 22.2 Å². The van der Waals surface area contributed by atoms with Gasteiger partial charge in [-0.1, -0.05) is 12.1 Å². The fourth-order valence-electron chi connectivity index (χ4n) is 3.85. The molecule has 0 saturated heterocycles. The van der Waals surface area contributed by atoms with Crippen molar-refractivity contribution in [3.8, 4) is 11.4 Å². The molecule has 0 atom stereocenters. The Morgan fingerprint density at radius 1 is 1.15 bits per heavy atom. The fraction of sp³-hybridized carbons (Fsp3) is 0.381. The summed E-state index contributed by atoms with van der Waals surface area (Å²) < 4.78 is 12.4. The number of methoxy groups -OCH3 is 2. The Bertz CT molecular complexity index is 952. The van der Waals surface area contributed by atoms with Gasteiger partial charge in [0, 0.05) is 36.8 Å². The molecule has 0 fully saturated rings. The van der Waals surface area contributed by atoms with Crippen LogP contribution in [0.15, 0.2) is 52.5 Å². The summed E-state index contributed by atoms with van der Waals surface area (Å²) in [6.45, 7) is 2.44. The first-order valence-electron chi connectivity index (χ1n) is 9.32. The highest BCUT2D eigenvalue weighted by Gasteiger charge is 2.24. The van der Waals surface area contributed by atoms with Crippen LogP contribution >= 0.6 is 0 Å². The Labute approximate surface area is 158 Å². The van der Waals surface area contributed by atoms with Crippen LogP contribution < -0.4 is 10.3 Å². The second kappa shape index (κ2) is 7.48. The second-order valence-corrected chi connectivity index (χ2v) is 6.95. The van der Waals surface area contributed by atoms with Crippen LogP contribution in [0, 0.1) is 0 Å². The molecule has 0 spiro atoms. The van der Waals surface area contributed by atoms with E-state index in [-0.39, 0.29) is 5.56 Å². The molecule has 6 heteroatoms. The molecule has 0 amide bonds. The minimum absolute atomic E-state index is 0.0345. The lowest BCUT2D eigenvalue weighted by molar-refractivity contribution is 0.249. The second-order valence-electron chi connectivity index (χ2n) is 6.95. The number of hydrogen-bond donors (Lipinski definition) is 1. The lowest BCUT2D eigenvalue weighted by atomic mass is 10.0. The summed E-state index contributed by atoms with van der Waals surface area (Å²) in [5.74, 6) is 1.71. The predicted molar refractivity (Wildman–Crippen MR) is 104 cm³/mol. The average molecular weight is 367 g/mol. The fourth-order valence-corrected chi connectivity index (χ4v) is 3.85. The van der Waals surface area contributed by atoms with E-state index in [1.54, 1.807) is 18.9 Å². The van der Waals surface area contributed by atoms with E-state index in [1.807, 2.05) is 24.3 Å². The average Bonchev–Trinajstić information content (AvgIpc) is 3.04. The lowest BCUT2D eigenvalue weighted by Crippen LogP contribution is -2.34. The molecule has 4 rings (SSSR count). The number of H-pyrrole nitrogens is 1. The molecule has 142 valence electrons. The summed E-state index contributed by atoms with van der Waals surface area (Å²) in [6.07, 6.45) is 7.27. The molecule has 2 aromatic rings. The molecule has 1 aliphatic heterocycles. The van der Waals surface area contributed by atoms with Gasteiger partial charge in [-0.05, 0) is 37.5 Å². The van der Waals surface area contributed by atoms with Crippen molar-refractivity contribution in [1.29, 1.82) is 0 Å². The van der Waals surface area contributed by atoms with Gasteiger partial charge in [-0.25, -0.2) is 4.68 Å². The SMILES string of the molecule is COC1=CCCC=C1CN1CCc2c([nH]n(-c3cccc(OC)c3)c2=O)C1. The molecule has 27 heavy (non-hydrogen) atoms.